The van der Waals surface area contributed by atoms with Gasteiger partial charge in [0.1, 0.15) is 0 Å². The maximum Gasteiger partial charge on any atom is 0.233 e. The minimum atomic E-state index is -3.46. The van der Waals surface area contributed by atoms with Crippen molar-refractivity contribution in [3.63, 3.8) is 0 Å². The molecule has 1 rings (SSSR count). The summed E-state index contributed by atoms with van der Waals surface area (Å²) in [4.78, 5) is 0. The van der Waals surface area contributed by atoms with Gasteiger partial charge in [0.15, 0.2) is 11.6 Å². The van der Waals surface area contributed by atoms with E-state index in [1.807, 2.05) is 0 Å². The Morgan fingerprint density at radius 3 is 2.67 bits per heavy atom. The molecule has 0 atom stereocenters. The summed E-state index contributed by atoms with van der Waals surface area (Å²) in [6.07, 6.45) is 0. The van der Waals surface area contributed by atoms with E-state index in [9.17, 15) is 12.8 Å². The van der Waals surface area contributed by atoms with Crippen molar-refractivity contribution in [1.82, 2.24) is 5.32 Å². The molecule has 0 amide bonds. The van der Waals surface area contributed by atoms with E-state index in [0.29, 0.717) is 13.2 Å². The Kier molecular flexibility index (Phi) is 5.36. The van der Waals surface area contributed by atoms with Gasteiger partial charge in [-0.3, -0.25) is 4.72 Å². The van der Waals surface area contributed by atoms with Crippen LogP contribution in [0.3, 0.4) is 0 Å². The summed E-state index contributed by atoms with van der Waals surface area (Å²) in [7, 11) is -1.80. The van der Waals surface area contributed by atoms with Crippen molar-refractivity contribution in [2.75, 3.05) is 30.7 Å². The van der Waals surface area contributed by atoms with Crippen molar-refractivity contribution in [2.24, 2.45) is 0 Å². The van der Waals surface area contributed by atoms with Gasteiger partial charge in [0, 0.05) is 12.6 Å². The third-order valence-electron chi connectivity index (χ3n) is 2.13. The summed E-state index contributed by atoms with van der Waals surface area (Å²) in [6, 6.07) is 3.96. The van der Waals surface area contributed by atoms with Crippen LogP contribution in [-0.4, -0.2) is 34.4 Å². The number of rotatable bonds is 7. The third kappa shape index (κ3) is 4.50. The second kappa shape index (κ2) is 6.55. The van der Waals surface area contributed by atoms with Crippen molar-refractivity contribution in [2.45, 2.75) is 6.92 Å². The van der Waals surface area contributed by atoms with Crippen molar-refractivity contribution in [3.05, 3.63) is 24.0 Å². The van der Waals surface area contributed by atoms with Crippen LogP contribution in [0.4, 0.5) is 10.1 Å². The minimum Gasteiger partial charge on any atom is -0.491 e. The van der Waals surface area contributed by atoms with Crippen LogP contribution in [0.1, 0.15) is 6.92 Å². The van der Waals surface area contributed by atoms with Gasteiger partial charge in [-0.05, 0) is 26.1 Å². The van der Waals surface area contributed by atoms with Gasteiger partial charge in [-0.25, -0.2) is 12.8 Å². The van der Waals surface area contributed by atoms with E-state index in [-0.39, 0.29) is 17.2 Å². The molecule has 0 saturated carbocycles. The predicted molar refractivity (Wildman–Crippen MR) is 68.9 cm³/mol. The van der Waals surface area contributed by atoms with Gasteiger partial charge in [-0.2, -0.15) is 0 Å². The van der Waals surface area contributed by atoms with E-state index in [1.165, 1.54) is 12.1 Å². The van der Waals surface area contributed by atoms with Gasteiger partial charge in [0.25, 0.3) is 0 Å². The summed E-state index contributed by atoms with van der Waals surface area (Å²) in [5, 5.41) is 2.73. The van der Waals surface area contributed by atoms with Gasteiger partial charge in [-0.15, -0.1) is 0 Å². The maximum atomic E-state index is 13.5. The molecule has 7 heteroatoms. The van der Waals surface area contributed by atoms with Gasteiger partial charge in [0.05, 0.1) is 18.0 Å². The number of benzene rings is 1. The van der Waals surface area contributed by atoms with Crippen LogP contribution < -0.4 is 14.8 Å². The molecule has 0 aliphatic rings. The average Bonchev–Trinajstić information content (AvgIpc) is 2.30. The van der Waals surface area contributed by atoms with Crippen molar-refractivity contribution < 1.29 is 17.5 Å². The molecule has 0 fully saturated rings. The lowest BCUT2D eigenvalue weighted by molar-refractivity contribution is 0.321. The Bertz CT molecular complexity index is 491. The molecule has 0 spiro atoms. The predicted octanol–water partition coefficient (Wildman–Crippen LogP) is 1.19. The number of hydrogen-bond donors (Lipinski definition) is 2. The Labute approximate surface area is 106 Å². The highest BCUT2D eigenvalue weighted by Gasteiger charge is 2.11. The third-order valence-corrected chi connectivity index (χ3v) is 3.41. The lowest BCUT2D eigenvalue weighted by atomic mass is 10.3. The normalized spacial score (nSPS) is 11.3. The van der Waals surface area contributed by atoms with Gasteiger partial charge >= 0.3 is 0 Å². The maximum absolute atomic E-state index is 13.5. The fourth-order valence-corrected chi connectivity index (χ4v) is 2.36. The number of hydrogen-bond acceptors (Lipinski definition) is 4. The van der Waals surface area contributed by atoms with Crippen LogP contribution in [0.25, 0.3) is 0 Å². The minimum absolute atomic E-state index is 0.0711. The molecule has 0 radical (unpaired) electrons. The highest BCUT2D eigenvalue weighted by Crippen LogP contribution is 2.21. The lowest BCUT2D eigenvalue weighted by Crippen LogP contribution is -2.24. The monoisotopic (exact) mass is 276 g/mol. The molecular weight excluding hydrogens is 259 g/mol. The molecular formula is C11H17FN2O3S. The van der Waals surface area contributed by atoms with E-state index >= 15 is 0 Å². The summed E-state index contributed by atoms with van der Waals surface area (Å²) >= 11 is 0. The largest absolute Gasteiger partial charge is 0.491 e. The first-order valence-corrected chi connectivity index (χ1v) is 7.21. The average molecular weight is 276 g/mol. The number of sulfonamides is 1. The zero-order valence-electron chi connectivity index (χ0n) is 10.4. The van der Waals surface area contributed by atoms with Crippen molar-refractivity contribution in [1.29, 1.82) is 0 Å². The molecule has 18 heavy (non-hydrogen) atoms. The molecule has 5 nitrogen and oxygen atoms in total. The van der Waals surface area contributed by atoms with Crippen LogP contribution in [0.15, 0.2) is 18.2 Å². The van der Waals surface area contributed by atoms with Gasteiger partial charge in [0.2, 0.25) is 10.0 Å². The zero-order valence-corrected chi connectivity index (χ0v) is 11.2. The molecule has 0 aromatic heterocycles. The lowest BCUT2D eigenvalue weighted by Gasteiger charge is -2.09. The SMILES string of the molecule is CCOc1ccc(NS(=O)(=O)CCNC)cc1F. The Balaban J connectivity index is 2.77. The van der Waals surface area contributed by atoms with Gasteiger partial charge in [-0.1, -0.05) is 0 Å². The Hall–Kier alpha value is -1.34. The smallest absolute Gasteiger partial charge is 0.233 e. The molecule has 0 aliphatic heterocycles. The molecule has 0 saturated heterocycles. The van der Waals surface area contributed by atoms with E-state index < -0.39 is 15.8 Å². The molecule has 2 N–H and O–H groups in total. The fraction of sp³-hybridized carbons (Fsp3) is 0.455. The number of halogens is 1. The number of ether oxygens (including phenoxy) is 1. The second-order valence-corrected chi connectivity index (χ2v) is 5.44. The topological polar surface area (TPSA) is 67.4 Å². The Morgan fingerprint density at radius 2 is 2.11 bits per heavy atom. The molecule has 1 aromatic carbocycles. The molecule has 1 aromatic rings. The first kappa shape index (κ1) is 14.7. The van der Waals surface area contributed by atoms with Gasteiger partial charge < -0.3 is 10.1 Å². The van der Waals surface area contributed by atoms with Crippen LogP contribution in [0.5, 0.6) is 5.75 Å². The van der Waals surface area contributed by atoms with Crippen LogP contribution >= 0.6 is 0 Å². The first-order chi connectivity index (χ1) is 8.48. The summed E-state index contributed by atoms with van der Waals surface area (Å²) in [5.41, 5.74) is 0.187. The molecule has 0 unspecified atom stereocenters. The fourth-order valence-electron chi connectivity index (χ4n) is 1.30. The molecule has 0 heterocycles. The quantitative estimate of drug-likeness (QED) is 0.785. The highest BCUT2D eigenvalue weighted by molar-refractivity contribution is 7.92. The molecule has 0 bridgehead atoms. The van der Waals surface area contributed by atoms with E-state index in [1.54, 1.807) is 14.0 Å². The van der Waals surface area contributed by atoms with Crippen molar-refractivity contribution in [3.8, 4) is 5.75 Å². The Morgan fingerprint density at radius 1 is 1.39 bits per heavy atom. The number of anilines is 1. The molecule has 0 aliphatic carbocycles. The molecule has 102 valence electrons. The van der Waals surface area contributed by atoms with E-state index in [2.05, 4.69) is 10.0 Å². The van der Waals surface area contributed by atoms with Crippen LogP contribution in [0.2, 0.25) is 0 Å². The van der Waals surface area contributed by atoms with Crippen molar-refractivity contribution >= 4 is 15.7 Å². The number of nitrogens with one attached hydrogen (secondary N) is 2. The highest BCUT2D eigenvalue weighted by atomic mass is 32.2. The summed E-state index contributed by atoms with van der Waals surface area (Å²) in [5.74, 6) is -0.556. The summed E-state index contributed by atoms with van der Waals surface area (Å²) < 4.78 is 44.0. The first-order valence-electron chi connectivity index (χ1n) is 5.56. The van der Waals surface area contributed by atoms with Crippen LogP contribution in [-0.2, 0) is 10.0 Å². The second-order valence-electron chi connectivity index (χ2n) is 3.60. The van der Waals surface area contributed by atoms with E-state index in [0.717, 1.165) is 6.07 Å². The zero-order chi connectivity index (χ0) is 13.6. The van der Waals surface area contributed by atoms with Crippen LogP contribution in [0, 0.1) is 5.82 Å². The summed E-state index contributed by atoms with van der Waals surface area (Å²) in [6.45, 7) is 2.42. The standard InChI is InChI=1S/C11H17FN2O3S/c1-3-17-11-5-4-9(8-10(11)12)14-18(15,16)7-6-13-2/h4-5,8,13-14H,3,6-7H2,1-2H3. The van der Waals surface area contributed by atoms with E-state index in [4.69, 9.17) is 4.74 Å².